The van der Waals surface area contributed by atoms with E-state index in [4.69, 9.17) is 4.74 Å². The predicted molar refractivity (Wildman–Crippen MR) is 119 cm³/mol. The van der Waals surface area contributed by atoms with Crippen molar-refractivity contribution in [3.8, 4) is 5.75 Å². The van der Waals surface area contributed by atoms with Gasteiger partial charge in [-0.1, -0.05) is 96.1 Å². The number of rotatable bonds is 17. The fraction of sp³-hybridized carbons (Fsp3) is 0.667. The van der Waals surface area contributed by atoms with Crippen LogP contribution in [-0.2, 0) is 4.79 Å². The van der Waals surface area contributed by atoms with E-state index in [1.807, 2.05) is 24.3 Å². The summed E-state index contributed by atoms with van der Waals surface area (Å²) in [6.07, 6.45) is 19.2. The summed E-state index contributed by atoms with van der Waals surface area (Å²) in [5.74, 6) is 0.728. The molecule has 4 heteroatoms. The van der Waals surface area contributed by atoms with Crippen LogP contribution in [0.3, 0.4) is 0 Å². The predicted octanol–water partition coefficient (Wildman–Crippen LogP) is 6.63. The maximum Gasteiger partial charge on any atom is 0.240 e. The normalized spacial score (nSPS) is 11.1. The van der Waals surface area contributed by atoms with Crippen molar-refractivity contribution in [1.82, 2.24) is 5.43 Å². The van der Waals surface area contributed by atoms with E-state index in [-0.39, 0.29) is 5.91 Å². The molecule has 158 valence electrons. The molecule has 0 radical (unpaired) electrons. The SMILES string of the molecule is CCCCCCCCCCCCCCCC(=O)NN=Cc1ccccc1OC. The van der Waals surface area contributed by atoms with Gasteiger partial charge in [-0.05, 0) is 18.6 Å². The number of amides is 1. The van der Waals surface area contributed by atoms with E-state index in [2.05, 4.69) is 17.5 Å². The van der Waals surface area contributed by atoms with E-state index in [0.29, 0.717) is 6.42 Å². The Bertz CT molecular complexity index is 543. The van der Waals surface area contributed by atoms with Gasteiger partial charge in [0.25, 0.3) is 0 Å². The lowest BCUT2D eigenvalue weighted by molar-refractivity contribution is -0.121. The number of nitrogens with one attached hydrogen (secondary N) is 1. The first kappa shape index (κ1) is 24.2. The molecule has 0 aliphatic carbocycles. The van der Waals surface area contributed by atoms with Crippen molar-refractivity contribution in [2.75, 3.05) is 7.11 Å². The molecule has 1 aromatic rings. The molecule has 0 saturated heterocycles. The molecule has 0 unspecified atom stereocenters. The number of unbranched alkanes of at least 4 members (excludes halogenated alkanes) is 12. The van der Waals surface area contributed by atoms with Crippen LogP contribution >= 0.6 is 0 Å². The number of benzene rings is 1. The zero-order valence-corrected chi connectivity index (χ0v) is 18.0. The Balaban J connectivity index is 1.93. The summed E-state index contributed by atoms with van der Waals surface area (Å²) < 4.78 is 5.25. The molecule has 0 aromatic heterocycles. The third-order valence-electron chi connectivity index (χ3n) is 5.04. The standard InChI is InChI=1S/C24H40N2O2/c1-3-4-5-6-7-8-9-10-11-12-13-14-15-20-24(27)26-25-21-22-18-16-17-19-23(22)28-2/h16-19,21H,3-15,20H2,1-2H3,(H,26,27). The van der Waals surface area contributed by atoms with Crippen molar-refractivity contribution >= 4 is 12.1 Å². The highest BCUT2D eigenvalue weighted by Gasteiger charge is 2.01. The van der Waals surface area contributed by atoms with Crippen molar-refractivity contribution in [3.63, 3.8) is 0 Å². The minimum atomic E-state index is -0.0192. The number of carbonyl (C=O) groups excluding carboxylic acids is 1. The molecular formula is C24H40N2O2. The quantitative estimate of drug-likeness (QED) is 0.185. The van der Waals surface area contributed by atoms with Gasteiger partial charge in [-0.2, -0.15) is 5.10 Å². The molecule has 1 N–H and O–H groups in total. The van der Waals surface area contributed by atoms with Crippen molar-refractivity contribution in [2.24, 2.45) is 5.10 Å². The van der Waals surface area contributed by atoms with E-state index in [1.54, 1.807) is 13.3 Å². The molecular weight excluding hydrogens is 348 g/mol. The lowest BCUT2D eigenvalue weighted by Crippen LogP contribution is -2.16. The molecule has 28 heavy (non-hydrogen) atoms. The van der Waals surface area contributed by atoms with Crippen LogP contribution in [0, 0.1) is 0 Å². The van der Waals surface area contributed by atoms with Crippen molar-refractivity contribution < 1.29 is 9.53 Å². The Kier molecular flexibility index (Phi) is 14.9. The number of para-hydroxylation sites is 1. The third-order valence-corrected chi connectivity index (χ3v) is 5.04. The van der Waals surface area contributed by atoms with Crippen molar-refractivity contribution in [2.45, 2.75) is 96.8 Å². The molecule has 0 atom stereocenters. The molecule has 1 amide bonds. The Hall–Kier alpha value is -1.84. The first-order valence-corrected chi connectivity index (χ1v) is 11.2. The highest BCUT2D eigenvalue weighted by molar-refractivity contribution is 5.85. The number of hydrogen-bond donors (Lipinski definition) is 1. The van der Waals surface area contributed by atoms with Crippen LogP contribution in [0.5, 0.6) is 5.75 Å². The maximum atomic E-state index is 11.8. The van der Waals surface area contributed by atoms with Gasteiger partial charge in [0, 0.05) is 12.0 Å². The zero-order valence-electron chi connectivity index (χ0n) is 18.0. The summed E-state index contributed by atoms with van der Waals surface area (Å²) in [6, 6.07) is 7.60. The Morgan fingerprint density at radius 1 is 0.893 bits per heavy atom. The minimum absolute atomic E-state index is 0.0192. The molecule has 0 bridgehead atoms. The summed E-state index contributed by atoms with van der Waals surface area (Å²) >= 11 is 0. The zero-order chi connectivity index (χ0) is 20.3. The fourth-order valence-corrected chi connectivity index (χ4v) is 3.31. The smallest absolute Gasteiger partial charge is 0.240 e. The number of ether oxygens (including phenoxy) is 1. The first-order valence-electron chi connectivity index (χ1n) is 11.2. The van der Waals surface area contributed by atoms with Gasteiger partial charge in [0.15, 0.2) is 0 Å². The van der Waals surface area contributed by atoms with Crippen LogP contribution in [-0.4, -0.2) is 19.2 Å². The van der Waals surface area contributed by atoms with E-state index < -0.39 is 0 Å². The van der Waals surface area contributed by atoms with Crippen molar-refractivity contribution in [1.29, 1.82) is 0 Å². The molecule has 4 nitrogen and oxygen atoms in total. The average Bonchev–Trinajstić information content (AvgIpc) is 2.71. The molecule has 0 spiro atoms. The second-order valence-electron chi connectivity index (χ2n) is 7.53. The number of carbonyl (C=O) groups is 1. The molecule has 0 heterocycles. The summed E-state index contributed by atoms with van der Waals surface area (Å²) in [6.45, 7) is 2.27. The lowest BCUT2D eigenvalue weighted by atomic mass is 10.0. The number of nitrogens with zero attached hydrogens (tertiary/aromatic N) is 1. The fourth-order valence-electron chi connectivity index (χ4n) is 3.31. The Morgan fingerprint density at radius 3 is 2.00 bits per heavy atom. The van der Waals surface area contributed by atoms with Gasteiger partial charge >= 0.3 is 0 Å². The van der Waals surface area contributed by atoms with E-state index in [9.17, 15) is 4.79 Å². The molecule has 0 fully saturated rings. The van der Waals surface area contributed by atoms with Crippen LogP contribution in [0.25, 0.3) is 0 Å². The van der Waals surface area contributed by atoms with E-state index in [0.717, 1.165) is 24.2 Å². The number of hydrogen-bond acceptors (Lipinski definition) is 3. The van der Waals surface area contributed by atoms with E-state index in [1.165, 1.54) is 70.6 Å². The molecule has 0 aliphatic rings. The molecule has 0 aliphatic heterocycles. The number of methoxy groups -OCH3 is 1. The molecule has 1 aromatic carbocycles. The van der Waals surface area contributed by atoms with Crippen LogP contribution in [0.15, 0.2) is 29.4 Å². The summed E-state index contributed by atoms with van der Waals surface area (Å²) in [5, 5.41) is 4.03. The van der Waals surface area contributed by atoms with Gasteiger partial charge in [-0.25, -0.2) is 5.43 Å². The maximum absolute atomic E-state index is 11.8. The van der Waals surface area contributed by atoms with Gasteiger partial charge in [0.2, 0.25) is 5.91 Å². The minimum Gasteiger partial charge on any atom is -0.496 e. The third kappa shape index (κ3) is 12.5. The monoisotopic (exact) mass is 388 g/mol. The lowest BCUT2D eigenvalue weighted by Gasteiger charge is -2.04. The topological polar surface area (TPSA) is 50.7 Å². The van der Waals surface area contributed by atoms with Crippen LogP contribution < -0.4 is 10.2 Å². The second kappa shape index (κ2) is 17.3. The van der Waals surface area contributed by atoms with Crippen LogP contribution in [0.4, 0.5) is 0 Å². The van der Waals surface area contributed by atoms with Gasteiger partial charge < -0.3 is 4.74 Å². The Labute approximate surface area is 172 Å². The second-order valence-corrected chi connectivity index (χ2v) is 7.53. The summed E-state index contributed by atoms with van der Waals surface area (Å²) in [4.78, 5) is 11.8. The van der Waals surface area contributed by atoms with Crippen LogP contribution in [0.1, 0.15) is 102 Å². The van der Waals surface area contributed by atoms with Gasteiger partial charge in [-0.3, -0.25) is 4.79 Å². The summed E-state index contributed by atoms with van der Waals surface area (Å²) in [7, 11) is 1.62. The first-order chi connectivity index (χ1) is 13.8. The Morgan fingerprint density at radius 2 is 1.43 bits per heavy atom. The molecule has 0 saturated carbocycles. The highest BCUT2D eigenvalue weighted by Crippen LogP contribution is 2.15. The van der Waals surface area contributed by atoms with Gasteiger partial charge in [0.05, 0.1) is 13.3 Å². The van der Waals surface area contributed by atoms with Gasteiger partial charge in [-0.15, -0.1) is 0 Å². The largest absolute Gasteiger partial charge is 0.496 e. The summed E-state index contributed by atoms with van der Waals surface area (Å²) in [5.41, 5.74) is 3.45. The number of hydrazone groups is 1. The highest BCUT2D eigenvalue weighted by atomic mass is 16.5. The average molecular weight is 389 g/mol. The van der Waals surface area contributed by atoms with Crippen molar-refractivity contribution in [3.05, 3.63) is 29.8 Å². The molecule has 1 rings (SSSR count). The van der Waals surface area contributed by atoms with E-state index >= 15 is 0 Å². The van der Waals surface area contributed by atoms with Gasteiger partial charge in [0.1, 0.15) is 5.75 Å². The van der Waals surface area contributed by atoms with Crippen LogP contribution in [0.2, 0.25) is 0 Å².